The van der Waals surface area contributed by atoms with Crippen molar-refractivity contribution in [3.05, 3.63) is 63.6 Å². The zero-order valence-corrected chi connectivity index (χ0v) is 17.8. The fraction of sp³-hybridized carbons (Fsp3) is 0.429. The molecule has 0 aliphatic heterocycles. The van der Waals surface area contributed by atoms with Gasteiger partial charge in [0, 0.05) is 37.3 Å². The maximum atomic E-state index is 13.0. The molecule has 0 saturated heterocycles. The van der Waals surface area contributed by atoms with Crippen LogP contribution in [-0.2, 0) is 6.54 Å². The number of nitrogens with zero attached hydrogens (tertiary/aromatic N) is 3. The number of hydrogen-bond acceptors (Lipinski definition) is 4. The minimum atomic E-state index is -0.238. The van der Waals surface area contributed by atoms with Crippen LogP contribution in [0.2, 0.25) is 0 Å². The molecule has 2 rings (SSSR count). The highest BCUT2D eigenvalue weighted by atomic mass is 32.2. The van der Waals surface area contributed by atoms with E-state index in [0.717, 1.165) is 17.0 Å². The van der Waals surface area contributed by atoms with Crippen molar-refractivity contribution in [1.29, 1.82) is 0 Å². The van der Waals surface area contributed by atoms with Gasteiger partial charge >= 0.3 is 0 Å². The Kier molecular flexibility index (Phi) is 7.27. The first-order valence-corrected chi connectivity index (χ1v) is 10.2. The summed E-state index contributed by atoms with van der Waals surface area (Å²) in [6.07, 6.45) is 3.81. The van der Waals surface area contributed by atoms with Gasteiger partial charge in [0.2, 0.25) is 0 Å². The van der Waals surface area contributed by atoms with Crippen LogP contribution in [0.1, 0.15) is 34.5 Å². The molecule has 0 aliphatic carbocycles. The lowest BCUT2D eigenvalue weighted by atomic mass is 10.1. The average molecular weight is 388 g/mol. The Bertz CT molecular complexity index is 861. The Morgan fingerprint density at radius 3 is 2.56 bits per heavy atom. The van der Waals surface area contributed by atoms with Crippen LogP contribution < -0.4 is 5.56 Å². The van der Waals surface area contributed by atoms with Gasteiger partial charge < -0.3 is 14.4 Å². The molecule has 1 aromatic heterocycles. The largest absolute Gasteiger partial charge is 0.337 e. The maximum Gasteiger partial charge on any atom is 0.263 e. The van der Waals surface area contributed by atoms with Crippen LogP contribution in [-0.4, -0.2) is 54.2 Å². The highest BCUT2D eigenvalue weighted by Crippen LogP contribution is 2.17. The predicted octanol–water partition coefficient (Wildman–Crippen LogP) is 3.27. The molecule has 1 aromatic carbocycles. The number of benzene rings is 1. The molecule has 2 aromatic rings. The number of hydrogen-bond donors (Lipinski definition) is 0. The summed E-state index contributed by atoms with van der Waals surface area (Å²) < 4.78 is 1.66. The third-order valence-electron chi connectivity index (χ3n) is 4.55. The molecular weight excluding hydrogens is 358 g/mol. The lowest BCUT2D eigenvalue weighted by Crippen LogP contribution is -2.37. The highest BCUT2D eigenvalue weighted by molar-refractivity contribution is 7.98. The van der Waals surface area contributed by atoms with Gasteiger partial charge in [0.05, 0.1) is 0 Å². The SMILES string of the molecule is CSc1cccc(CN(C)C(=O)c2c(C)ccn(C(C)CN(C)C)c2=O)c1. The van der Waals surface area contributed by atoms with E-state index in [4.69, 9.17) is 0 Å². The summed E-state index contributed by atoms with van der Waals surface area (Å²) in [6, 6.07) is 9.94. The minimum absolute atomic E-state index is 0.0109. The van der Waals surface area contributed by atoms with Gasteiger partial charge in [0.1, 0.15) is 5.56 Å². The van der Waals surface area contributed by atoms with E-state index in [2.05, 4.69) is 6.07 Å². The van der Waals surface area contributed by atoms with E-state index in [0.29, 0.717) is 12.1 Å². The van der Waals surface area contributed by atoms with Crippen LogP contribution in [0.15, 0.2) is 46.2 Å². The number of carbonyl (C=O) groups excluding carboxylic acids is 1. The molecule has 1 unspecified atom stereocenters. The first kappa shape index (κ1) is 21.3. The average Bonchev–Trinajstić information content (AvgIpc) is 2.61. The van der Waals surface area contributed by atoms with Gasteiger partial charge in [-0.25, -0.2) is 0 Å². The molecule has 0 N–H and O–H groups in total. The molecule has 1 amide bonds. The quantitative estimate of drug-likeness (QED) is 0.684. The van der Waals surface area contributed by atoms with Crippen LogP contribution in [0, 0.1) is 6.92 Å². The smallest absolute Gasteiger partial charge is 0.263 e. The number of aromatic nitrogens is 1. The number of carbonyl (C=O) groups is 1. The zero-order valence-electron chi connectivity index (χ0n) is 17.0. The first-order chi connectivity index (χ1) is 12.7. The van der Waals surface area contributed by atoms with E-state index >= 15 is 0 Å². The van der Waals surface area contributed by atoms with E-state index in [9.17, 15) is 9.59 Å². The normalized spacial score (nSPS) is 12.3. The first-order valence-electron chi connectivity index (χ1n) is 8.99. The van der Waals surface area contributed by atoms with Crippen molar-refractivity contribution in [3.63, 3.8) is 0 Å². The summed E-state index contributed by atoms with van der Waals surface area (Å²) in [5, 5.41) is 0. The molecule has 0 saturated carbocycles. The molecule has 0 bridgehead atoms. The van der Waals surface area contributed by atoms with E-state index in [-0.39, 0.29) is 23.1 Å². The molecule has 1 heterocycles. The molecule has 146 valence electrons. The number of amides is 1. The molecule has 27 heavy (non-hydrogen) atoms. The topological polar surface area (TPSA) is 45.6 Å². The van der Waals surface area contributed by atoms with Crippen molar-refractivity contribution < 1.29 is 4.79 Å². The maximum absolute atomic E-state index is 13.0. The lowest BCUT2D eigenvalue weighted by Gasteiger charge is -2.22. The van der Waals surface area contributed by atoms with Crippen molar-refractivity contribution in [2.24, 2.45) is 0 Å². The fourth-order valence-corrected chi connectivity index (χ4v) is 3.66. The number of rotatable bonds is 7. The summed E-state index contributed by atoms with van der Waals surface area (Å²) in [7, 11) is 5.68. The Morgan fingerprint density at radius 1 is 1.22 bits per heavy atom. The summed E-state index contributed by atoms with van der Waals surface area (Å²) in [5.74, 6) is -0.238. The van der Waals surface area contributed by atoms with E-state index in [1.165, 1.54) is 0 Å². The second-order valence-corrected chi connectivity index (χ2v) is 8.09. The van der Waals surface area contributed by atoms with Crippen LogP contribution in [0.5, 0.6) is 0 Å². The van der Waals surface area contributed by atoms with Crippen LogP contribution >= 0.6 is 11.8 Å². The van der Waals surface area contributed by atoms with Gasteiger partial charge in [0.25, 0.3) is 11.5 Å². The third kappa shape index (κ3) is 5.23. The van der Waals surface area contributed by atoms with Gasteiger partial charge in [-0.2, -0.15) is 0 Å². The van der Waals surface area contributed by atoms with Crippen LogP contribution in [0.4, 0.5) is 0 Å². The predicted molar refractivity (Wildman–Crippen MR) is 113 cm³/mol. The Hall–Kier alpha value is -2.05. The van der Waals surface area contributed by atoms with Crippen molar-refractivity contribution in [2.75, 3.05) is 33.9 Å². The van der Waals surface area contributed by atoms with Gasteiger partial charge in [-0.15, -0.1) is 11.8 Å². The van der Waals surface area contributed by atoms with E-state index in [1.807, 2.05) is 63.4 Å². The molecule has 0 radical (unpaired) electrons. The molecule has 0 spiro atoms. The molecule has 5 nitrogen and oxygen atoms in total. The molecule has 1 atom stereocenters. The Labute approximate surface area is 166 Å². The Balaban J connectivity index is 2.30. The monoisotopic (exact) mass is 387 g/mol. The number of pyridine rings is 1. The Morgan fingerprint density at radius 2 is 1.93 bits per heavy atom. The summed E-state index contributed by atoms with van der Waals surface area (Å²) in [6.45, 7) is 5.00. The molecule has 0 fully saturated rings. The summed E-state index contributed by atoms with van der Waals surface area (Å²) in [5.41, 5.74) is 1.79. The lowest BCUT2D eigenvalue weighted by molar-refractivity contribution is 0.0781. The minimum Gasteiger partial charge on any atom is -0.337 e. The van der Waals surface area contributed by atoms with Gasteiger partial charge in [-0.3, -0.25) is 9.59 Å². The van der Waals surface area contributed by atoms with Crippen molar-refractivity contribution in [1.82, 2.24) is 14.4 Å². The van der Waals surface area contributed by atoms with Crippen molar-refractivity contribution in [3.8, 4) is 0 Å². The van der Waals surface area contributed by atoms with Crippen molar-refractivity contribution >= 4 is 17.7 Å². The number of thioether (sulfide) groups is 1. The van der Waals surface area contributed by atoms with E-state index < -0.39 is 0 Å². The number of aryl methyl sites for hydroxylation is 1. The standard InChI is InChI=1S/C21H29N3O2S/c1-15-10-11-24(16(2)13-22(3)4)21(26)19(15)20(25)23(5)14-17-8-7-9-18(12-17)27-6/h7-12,16H,13-14H2,1-6H3. The van der Waals surface area contributed by atoms with Crippen LogP contribution in [0.3, 0.4) is 0 Å². The highest BCUT2D eigenvalue weighted by Gasteiger charge is 2.21. The second-order valence-electron chi connectivity index (χ2n) is 7.21. The molecular formula is C21H29N3O2S. The van der Waals surface area contributed by atoms with Gasteiger partial charge in [-0.05, 0) is 63.5 Å². The van der Waals surface area contributed by atoms with Crippen molar-refractivity contribution in [2.45, 2.75) is 31.3 Å². The zero-order chi connectivity index (χ0) is 20.1. The van der Waals surface area contributed by atoms with Gasteiger partial charge in [0.15, 0.2) is 0 Å². The second kappa shape index (κ2) is 9.24. The van der Waals surface area contributed by atoms with Gasteiger partial charge in [-0.1, -0.05) is 12.1 Å². The van der Waals surface area contributed by atoms with Crippen LogP contribution in [0.25, 0.3) is 0 Å². The fourth-order valence-electron chi connectivity index (χ4n) is 3.17. The van der Waals surface area contributed by atoms with E-state index in [1.54, 1.807) is 34.5 Å². The summed E-state index contributed by atoms with van der Waals surface area (Å²) in [4.78, 5) is 30.8. The molecule has 6 heteroatoms. The third-order valence-corrected chi connectivity index (χ3v) is 5.27. The summed E-state index contributed by atoms with van der Waals surface area (Å²) >= 11 is 1.67. The molecule has 0 aliphatic rings. The number of likely N-dealkylation sites (N-methyl/N-ethyl adjacent to an activating group) is 1.